The van der Waals surface area contributed by atoms with Crippen LogP contribution >= 0.6 is 0 Å². The molecule has 0 unspecified atom stereocenters. The molecule has 0 aliphatic heterocycles. The molecular formula is C11H15NO. The number of nitrogens with two attached hydrogens (primary N) is 1. The molecular weight excluding hydrogens is 162 g/mol. The lowest BCUT2D eigenvalue weighted by Gasteiger charge is -2.03. The molecule has 1 aliphatic rings. The third-order valence-electron chi connectivity index (χ3n) is 2.46. The predicted molar refractivity (Wildman–Crippen MR) is 52.9 cm³/mol. The molecule has 70 valence electrons. The van der Waals surface area contributed by atoms with Crippen molar-refractivity contribution >= 4 is 0 Å². The molecule has 2 heteroatoms. The molecule has 0 aromatic heterocycles. The largest absolute Gasteiger partial charge is 0.494 e. The Morgan fingerprint density at radius 2 is 2.00 bits per heavy atom. The van der Waals surface area contributed by atoms with Gasteiger partial charge in [0, 0.05) is 12.0 Å². The Balaban J connectivity index is 2.06. The Hall–Kier alpha value is -1.02. The molecule has 2 atom stereocenters. The van der Waals surface area contributed by atoms with Gasteiger partial charge in [-0.15, -0.1) is 0 Å². The van der Waals surface area contributed by atoms with Gasteiger partial charge >= 0.3 is 0 Å². The normalized spacial score (nSPS) is 25.7. The average molecular weight is 177 g/mol. The summed E-state index contributed by atoms with van der Waals surface area (Å²) in [5.41, 5.74) is 7.11. The van der Waals surface area contributed by atoms with Crippen LogP contribution in [-0.4, -0.2) is 12.6 Å². The van der Waals surface area contributed by atoms with Gasteiger partial charge in [-0.3, -0.25) is 0 Å². The maximum atomic E-state index is 5.76. The minimum absolute atomic E-state index is 0.387. The topological polar surface area (TPSA) is 35.2 Å². The second-order valence-electron chi connectivity index (χ2n) is 3.51. The molecule has 1 aliphatic carbocycles. The number of hydrogen-bond donors (Lipinski definition) is 1. The minimum atomic E-state index is 0.387. The van der Waals surface area contributed by atoms with Crippen LogP contribution in [0, 0.1) is 0 Å². The lowest BCUT2D eigenvalue weighted by molar-refractivity contribution is 0.340. The maximum absolute atomic E-state index is 5.76. The van der Waals surface area contributed by atoms with Crippen LogP contribution < -0.4 is 10.5 Å². The maximum Gasteiger partial charge on any atom is 0.119 e. The molecule has 0 radical (unpaired) electrons. The van der Waals surface area contributed by atoms with E-state index in [1.54, 1.807) is 0 Å². The number of ether oxygens (including phenoxy) is 1. The van der Waals surface area contributed by atoms with E-state index in [2.05, 4.69) is 12.1 Å². The zero-order valence-corrected chi connectivity index (χ0v) is 7.86. The molecule has 2 nitrogen and oxygen atoms in total. The standard InChI is InChI=1S/C11H15NO/c1-2-13-9-5-3-8(4-6-9)10-7-11(10)12/h3-6,10-11H,2,7,12H2,1H3/t10-,11-/m0/s1. The fourth-order valence-electron chi connectivity index (χ4n) is 1.58. The summed E-state index contributed by atoms with van der Waals surface area (Å²) in [5, 5.41) is 0. The smallest absolute Gasteiger partial charge is 0.119 e. The van der Waals surface area contributed by atoms with Gasteiger partial charge in [0.25, 0.3) is 0 Å². The first-order valence-electron chi connectivity index (χ1n) is 4.79. The summed E-state index contributed by atoms with van der Waals surface area (Å²) in [7, 11) is 0. The third kappa shape index (κ3) is 1.83. The van der Waals surface area contributed by atoms with Gasteiger partial charge in [-0.1, -0.05) is 12.1 Å². The van der Waals surface area contributed by atoms with Crippen molar-refractivity contribution in [2.45, 2.75) is 25.3 Å². The van der Waals surface area contributed by atoms with Crippen molar-refractivity contribution in [1.82, 2.24) is 0 Å². The zero-order valence-electron chi connectivity index (χ0n) is 7.86. The molecule has 13 heavy (non-hydrogen) atoms. The van der Waals surface area contributed by atoms with Crippen LogP contribution in [0.25, 0.3) is 0 Å². The van der Waals surface area contributed by atoms with E-state index in [1.165, 1.54) is 5.56 Å². The first kappa shape index (κ1) is 8.57. The van der Waals surface area contributed by atoms with E-state index in [0.717, 1.165) is 18.8 Å². The van der Waals surface area contributed by atoms with Crippen LogP contribution in [-0.2, 0) is 0 Å². The van der Waals surface area contributed by atoms with Crippen LogP contribution in [0.1, 0.15) is 24.8 Å². The van der Waals surface area contributed by atoms with E-state index in [-0.39, 0.29) is 0 Å². The van der Waals surface area contributed by atoms with Crippen LogP contribution in [0.15, 0.2) is 24.3 Å². The van der Waals surface area contributed by atoms with Gasteiger partial charge in [-0.25, -0.2) is 0 Å². The van der Waals surface area contributed by atoms with Gasteiger partial charge in [0.05, 0.1) is 6.61 Å². The molecule has 2 N–H and O–H groups in total. The van der Waals surface area contributed by atoms with Gasteiger partial charge in [-0.05, 0) is 31.0 Å². The van der Waals surface area contributed by atoms with Crippen molar-refractivity contribution in [2.24, 2.45) is 5.73 Å². The Bertz CT molecular complexity index is 281. The highest BCUT2D eigenvalue weighted by Crippen LogP contribution is 2.39. The van der Waals surface area contributed by atoms with E-state index in [9.17, 15) is 0 Å². The van der Waals surface area contributed by atoms with Crippen LogP contribution in [0.4, 0.5) is 0 Å². The summed E-state index contributed by atoms with van der Waals surface area (Å²) in [6.07, 6.45) is 1.13. The van der Waals surface area contributed by atoms with E-state index in [0.29, 0.717) is 12.0 Å². The first-order valence-corrected chi connectivity index (χ1v) is 4.79. The highest BCUT2D eigenvalue weighted by atomic mass is 16.5. The fraction of sp³-hybridized carbons (Fsp3) is 0.455. The van der Waals surface area contributed by atoms with Crippen LogP contribution in [0.5, 0.6) is 5.75 Å². The molecule has 1 saturated carbocycles. The molecule has 0 saturated heterocycles. The lowest BCUT2D eigenvalue weighted by Crippen LogP contribution is -2.00. The van der Waals surface area contributed by atoms with Crippen molar-refractivity contribution < 1.29 is 4.74 Å². The SMILES string of the molecule is CCOc1ccc([C@@H]2C[C@@H]2N)cc1. The number of hydrogen-bond acceptors (Lipinski definition) is 2. The van der Waals surface area contributed by atoms with E-state index >= 15 is 0 Å². The van der Waals surface area contributed by atoms with Crippen molar-refractivity contribution in [3.05, 3.63) is 29.8 Å². The Morgan fingerprint density at radius 1 is 1.38 bits per heavy atom. The summed E-state index contributed by atoms with van der Waals surface area (Å²) in [5.74, 6) is 1.54. The highest BCUT2D eigenvalue weighted by Gasteiger charge is 2.34. The molecule has 0 spiro atoms. The number of benzene rings is 1. The first-order chi connectivity index (χ1) is 6.31. The quantitative estimate of drug-likeness (QED) is 0.765. The summed E-state index contributed by atoms with van der Waals surface area (Å²) in [4.78, 5) is 0. The zero-order chi connectivity index (χ0) is 9.26. The van der Waals surface area contributed by atoms with Crippen LogP contribution in [0.3, 0.4) is 0 Å². The van der Waals surface area contributed by atoms with E-state index in [4.69, 9.17) is 10.5 Å². The second kappa shape index (κ2) is 3.38. The molecule has 1 fully saturated rings. The summed E-state index contributed by atoms with van der Waals surface area (Å²) >= 11 is 0. The second-order valence-corrected chi connectivity index (χ2v) is 3.51. The lowest BCUT2D eigenvalue weighted by atomic mass is 10.1. The monoisotopic (exact) mass is 177 g/mol. The van der Waals surface area contributed by atoms with Gasteiger partial charge in [0.2, 0.25) is 0 Å². The predicted octanol–water partition coefficient (Wildman–Crippen LogP) is 1.90. The van der Waals surface area contributed by atoms with Crippen molar-refractivity contribution in [3.63, 3.8) is 0 Å². The van der Waals surface area contributed by atoms with Gasteiger partial charge in [-0.2, -0.15) is 0 Å². The Labute approximate surface area is 78.7 Å². The van der Waals surface area contributed by atoms with Gasteiger partial charge in [0.15, 0.2) is 0 Å². The summed E-state index contributed by atoms with van der Waals surface area (Å²) < 4.78 is 5.36. The Kier molecular flexibility index (Phi) is 2.23. The molecule has 0 amide bonds. The van der Waals surface area contributed by atoms with E-state index < -0.39 is 0 Å². The van der Waals surface area contributed by atoms with Crippen molar-refractivity contribution in [2.75, 3.05) is 6.61 Å². The average Bonchev–Trinajstić information content (AvgIpc) is 2.85. The molecule has 1 aromatic rings. The number of rotatable bonds is 3. The van der Waals surface area contributed by atoms with Crippen LogP contribution in [0.2, 0.25) is 0 Å². The Morgan fingerprint density at radius 3 is 2.46 bits per heavy atom. The fourth-order valence-corrected chi connectivity index (χ4v) is 1.58. The van der Waals surface area contributed by atoms with E-state index in [1.807, 2.05) is 19.1 Å². The third-order valence-corrected chi connectivity index (χ3v) is 2.46. The molecule has 0 bridgehead atoms. The van der Waals surface area contributed by atoms with Gasteiger partial charge in [0.1, 0.15) is 5.75 Å². The molecule has 0 heterocycles. The molecule has 1 aromatic carbocycles. The summed E-state index contributed by atoms with van der Waals surface area (Å²) in [6, 6.07) is 8.65. The van der Waals surface area contributed by atoms with Crippen molar-refractivity contribution in [1.29, 1.82) is 0 Å². The van der Waals surface area contributed by atoms with Gasteiger partial charge < -0.3 is 10.5 Å². The summed E-state index contributed by atoms with van der Waals surface area (Å²) in [6.45, 7) is 2.72. The molecule has 2 rings (SSSR count). The highest BCUT2D eigenvalue weighted by molar-refractivity contribution is 5.33. The minimum Gasteiger partial charge on any atom is -0.494 e. The van der Waals surface area contributed by atoms with Crippen molar-refractivity contribution in [3.8, 4) is 5.75 Å².